The molecule has 0 spiro atoms. The van der Waals surface area contributed by atoms with Crippen LogP contribution >= 0.6 is 0 Å². The van der Waals surface area contributed by atoms with Crippen LogP contribution in [0, 0.1) is 6.92 Å². The summed E-state index contributed by atoms with van der Waals surface area (Å²) in [6, 6.07) is 0. The van der Waals surface area contributed by atoms with Gasteiger partial charge in [-0.15, -0.1) is 0 Å². The molecule has 2 amide bonds. The smallest absolute Gasteiger partial charge is 0.280 e. The van der Waals surface area contributed by atoms with Crippen molar-refractivity contribution in [3.05, 3.63) is 11.4 Å². The molecule has 33 heavy (non-hydrogen) atoms. The molecular formula is C23H42N8O2. The van der Waals surface area contributed by atoms with Gasteiger partial charge in [-0.3, -0.25) is 19.9 Å². The van der Waals surface area contributed by atoms with Crippen molar-refractivity contribution in [3.8, 4) is 0 Å². The predicted octanol–water partition coefficient (Wildman–Crippen LogP) is 2.81. The minimum Gasteiger partial charge on any atom is -0.382 e. The highest BCUT2D eigenvalue weighted by atomic mass is 16.2. The minimum absolute atomic E-state index is 0.0184. The fourth-order valence-corrected chi connectivity index (χ4v) is 3.26. The fraction of sp³-hybridized carbons (Fsp3) is 0.696. The number of nitrogens with two attached hydrogens (primary N) is 3. The molecule has 0 atom stereocenters. The van der Waals surface area contributed by atoms with Crippen LogP contribution in [0.5, 0.6) is 0 Å². The summed E-state index contributed by atoms with van der Waals surface area (Å²) in [5.41, 5.74) is 17.5. The number of anilines is 2. The number of aryl methyl sites for hydroxylation is 1. The Morgan fingerprint density at radius 2 is 1.48 bits per heavy atom. The number of rotatable bonds is 16. The molecule has 1 rings (SSSR count). The van der Waals surface area contributed by atoms with Gasteiger partial charge in [-0.1, -0.05) is 58.3 Å². The lowest BCUT2D eigenvalue weighted by Crippen LogP contribution is -2.38. The van der Waals surface area contributed by atoms with Gasteiger partial charge in [0.2, 0.25) is 5.91 Å². The number of unbranched alkanes of at least 4 members (excludes halogenated alkanes) is 9. The summed E-state index contributed by atoms with van der Waals surface area (Å²) in [6.07, 6.45) is 12.8. The van der Waals surface area contributed by atoms with Crippen molar-refractivity contribution in [1.29, 1.82) is 0 Å². The zero-order valence-electron chi connectivity index (χ0n) is 20.3. The maximum Gasteiger partial charge on any atom is 0.280 e. The van der Waals surface area contributed by atoms with Gasteiger partial charge in [-0.2, -0.15) is 0 Å². The molecule has 0 bridgehead atoms. The molecule has 10 nitrogen and oxygen atoms in total. The molecule has 1 heterocycles. The van der Waals surface area contributed by atoms with E-state index in [9.17, 15) is 9.59 Å². The number of aliphatic imine (C=N–C) groups is 1. The lowest BCUT2D eigenvalue weighted by Gasteiger charge is -2.08. The van der Waals surface area contributed by atoms with Crippen LogP contribution in [0.15, 0.2) is 4.99 Å². The zero-order chi connectivity index (χ0) is 24.5. The van der Waals surface area contributed by atoms with Crippen molar-refractivity contribution in [2.45, 2.75) is 90.9 Å². The third-order valence-electron chi connectivity index (χ3n) is 5.29. The van der Waals surface area contributed by atoms with E-state index in [2.05, 4.69) is 32.5 Å². The lowest BCUT2D eigenvalue weighted by atomic mass is 10.1. The minimum atomic E-state index is -0.554. The standard InChI is InChI=1S/C23H42N8O2/c1-3-4-15-27-18(32)14-12-10-8-6-5-7-9-11-13-16-28-23(26)31-22(33)19-21(25)30-20(24)17(2)29-19/h3-16H2,1-2H3,(H,27,32)(H4,24,25,30)(H3,26,28,31,33). The number of carbonyl (C=O) groups excluding carboxylic acids is 2. The number of amides is 2. The number of aromatic nitrogens is 2. The van der Waals surface area contributed by atoms with Gasteiger partial charge in [0.1, 0.15) is 5.82 Å². The van der Waals surface area contributed by atoms with Gasteiger partial charge < -0.3 is 22.5 Å². The van der Waals surface area contributed by atoms with Crippen LogP contribution in [0.25, 0.3) is 0 Å². The van der Waals surface area contributed by atoms with E-state index in [4.69, 9.17) is 17.2 Å². The largest absolute Gasteiger partial charge is 0.382 e. The van der Waals surface area contributed by atoms with Crippen LogP contribution in [0.4, 0.5) is 11.6 Å². The molecule has 0 aliphatic carbocycles. The molecule has 1 aromatic heterocycles. The Morgan fingerprint density at radius 3 is 2.12 bits per heavy atom. The third-order valence-corrected chi connectivity index (χ3v) is 5.29. The summed E-state index contributed by atoms with van der Waals surface area (Å²) in [4.78, 5) is 35.9. The number of hydrogen-bond donors (Lipinski definition) is 5. The van der Waals surface area contributed by atoms with Crippen LogP contribution in [0.1, 0.15) is 100 Å². The Balaban J connectivity index is 2.04. The number of nitrogens with one attached hydrogen (secondary N) is 2. The second kappa shape index (κ2) is 16.7. The van der Waals surface area contributed by atoms with Gasteiger partial charge in [0.25, 0.3) is 5.91 Å². The van der Waals surface area contributed by atoms with Crippen molar-refractivity contribution in [2.75, 3.05) is 24.6 Å². The van der Waals surface area contributed by atoms with Crippen LogP contribution in [0.2, 0.25) is 0 Å². The highest BCUT2D eigenvalue weighted by molar-refractivity contribution is 6.06. The molecule has 0 aromatic carbocycles. The summed E-state index contributed by atoms with van der Waals surface area (Å²) >= 11 is 0. The summed E-state index contributed by atoms with van der Waals surface area (Å²) in [5.74, 6) is -0.190. The number of hydrogen-bond acceptors (Lipinski definition) is 7. The average Bonchev–Trinajstić information content (AvgIpc) is 2.77. The second-order valence-electron chi connectivity index (χ2n) is 8.28. The number of nitrogens with zero attached hydrogens (tertiary/aromatic N) is 3. The fourth-order valence-electron chi connectivity index (χ4n) is 3.26. The van der Waals surface area contributed by atoms with Gasteiger partial charge in [0.15, 0.2) is 17.5 Å². The van der Waals surface area contributed by atoms with E-state index in [1.165, 1.54) is 25.7 Å². The highest BCUT2D eigenvalue weighted by Crippen LogP contribution is 2.12. The van der Waals surface area contributed by atoms with E-state index in [0.717, 1.165) is 51.5 Å². The summed E-state index contributed by atoms with van der Waals surface area (Å²) < 4.78 is 0. The van der Waals surface area contributed by atoms with Gasteiger partial charge in [0.05, 0.1) is 5.69 Å². The molecule has 0 saturated carbocycles. The summed E-state index contributed by atoms with van der Waals surface area (Å²) in [5, 5.41) is 5.44. The molecule has 10 heteroatoms. The maximum atomic E-state index is 12.2. The molecule has 0 saturated heterocycles. The quantitative estimate of drug-likeness (QED) is 0.142. The van der Waals surface area contributed by atoms with Crippen LogP contribution < -0.4 is 27.8 Å². The Kier molecular flexibility index (Phi) is 14.2. The van der Waals surface area contributed by atoms with E-state index in [0.29, 0.717) is 18.7 Å². The van der Waals surface area contributed by atoms with Crippen molar-refractivity contribution >= 4 is 29.4 Å². The topological polar surface area (TPSA) is 174 Å². The summed E-state index contributed by atoms with van der Waals surface area (Å²) in [7, 11) is 0. The van der Waals surface area contributed by atoms with E-state index in [-0.39, 0.29) is 29.2 Å². The molecule has 186 valence electrons. The molecule has 0 unspecified atom stereocenters. The molecule has 1 aromatic rings. The Labute approximate surface area is 197 Å². The zero-order valence-corrected chi connectivity index (χ0v) is 20.3. The van der Waals surface area contributed by atoms with Crippen LogP contribution in [0.3, 0.4) is 0 Å². The van der Waals surface area contributed by atoms with Gasteiger partial charge in [0, 0.05) is 19.5 Å². The molecule has 8 N–H and O–H groups in total. The monoisotopic (exact) mass is 462 g/mol. The van der Waals surface area contributed by atoms with Gasteiger partial charge in [-0.25, -0.2) is 9.97 Å². The lowest BCUT2D eigenvalue weighted by molar-refractivity contribution is -0.121. The Morgan fingerprint density at radius 1 is 0.879 bits per heavy atom. The van der Waals surface area contributed by atoms with Crippen molar-refractivity contribution in [1.82, 2.24) is 20.6 Å². The number of guanidine groups is 1. The van der Waals surface area contributed by atoms with E-state index >= 15 is 0 Å². The van der Waals surface area contributed by atoms with Crippen LogP contribution in [-0.2, 0) is 4.79 Å². The first-order valence-corrected chi connectivity index (χ1v) is 12.1. The van der Waals surface area contributed by atoms with E-state index in [1.807, 2.05) is 0 Å². The number of nitrogen functional groups attached to an aromatic ring is 2. The predicted molar refractivity (Wildman–Crippen MR) is 134 cm³/mol. The average molecular weight is 463 g/mol. The molecule has 0 radical (unpaired) electrons. The first-order valence-electron chi connectivity index (χ1n) is 12.1. The SMILES string of the molecule is CCCCNC(=O)CCCCCCCCCCCN=C(N)NC(=O)c1nc(C)c(N)nc1N. The van der Waals surface area contributed by atoms with E-state index in [1.54, 1.807) is 6.92 Å². The van der Waals surface area contributed by atoms with Crippen molar-refractivity contribution in [2.24, 2.45) is 10.7 Å². The normalized spacial score (nSPS) is 11.4. The molecular weight excluding hydrogens is 420 g/mol. The first-order chi connectivity index (χ1) is 15.8. The van der Waals surface area contributed by atoms with Gasteiger partial charge in [-0.05, 0) is 26.2 Å². The highest BCUT2D eigenvalue weighted by Gasteiger charge is 2.15. The van der Waals surface area contributed by atoms with Crippen molar-refractivity contribution in [3.63, 3.8) is 0 Å². The van der Waals surface area contributed by atoms with E-state index < -0.39 is 5.91 Å². The Hall–Kier alpha value is -2.91. The molecule has 0 aliphatic rings. The Bertz CT molecular complexity index is 767. The first kappa shape index (κ1) is 28.1. The van der Waals surface area contributed by atoms with Crippen molar-refractivity contribution < 1.29 is 9.59 Å². The summed E-state index contributed by atoms with van der Waals surface area (Å²) in [6.45, 7) is 5.12. The second-order valence-corrected chi connectivity index (χ2v) is 8.28. The maximum absolute atomic E-state index is 12.2. The molecule has 0 fully saturated rings. The third kappa shape index (κ3) is 12.6. The van der Waals surface area contributed by atoms with Gasteiger partial charge >= 0.3 is 0 Å². The number of carbonyl (C=O) groups is 2. The van der Waals surface area contributed by atoms with Crippen LogP contribution in [-0.4, -0.2) is 40.8 Å². The molecule has 0 aliphatic heterocycles.